The molecule has 19 heavy (non-hydrogen) atoms. The lowest BCUT2D eigenvalue weighted by molar-refractivity contribution is 0.0903. The van der Waals surface area contributed by atoms with Gasteiger partial charge < -0.3 is 10.5 Å². The molecule has 4 heteroatoms. The van der Waals surface area contributed by atoms with Gasteiger partial charge in [-0.15, -0.1) is 0 Å². The summed E-state index contributed by atoms with van der Waals surface area (Å²) in [5.74, 6) is 1.58. The zero-order chi connectivity index (χ0) is 13.8. The molecule has 1 fully saturated rings. The van der Waals surface area contributed by atoms with Gasteiger partial charge in [-0.2, -0.15) is 0 Å². The molecular weight excluding hydrogens is 322 g/mol. The predicted octanol–water partition coefficient (Wildman–Crippen LogP) is 4.43. The van der Waals surface area contributed by atoms with Crippen LogP contribution in [0.25, 0.3) is 0 Å². The van der Waals surface area contributed by atoms with Gasteiger partial charge in [0.2, 0.25) is 0 Å². The Morgan fingerprint density at radius 3 is 2.79 bits per heavy atom. The van der Waals surface area contributed by atoms with E-state index in [1.807, 2.05) is 18.2 Å². The third-order valence-corrected chi connectivity index (χ3v) is 4.73. The summed E-state index contributed by atoms with van der Waals surface area (Å²) in [7, 11) is 0. The van der Waals surface area contributed by atoms with E-state index in [2.05, 4.69) is 22.9 Å². The highest BCUT2D eigenvalue weighted by Gasteiger charge is 2.25. The van der Waals surface area contributed by atoms with E-state index in [9.17, 15) is 0 Å². The van der Waals surface area contributed by atoms with Crippen LogP contribution in [0.4, 0.5) is 0 Å². The first-order valence-electron chi connectivity index (χ1n) is 6.87. The minimum absolute atomic E-state index is 0.348. The smallest absolute Gasteiger partial charge is 0.120 e. The number of benzene rings is 1. The van der Waals surface area contributed by atoms with Crippen molar-refractivity contribution in [2.24, 2.45) is 11.7 Å². The zero-order valence-electron chi connectivity index (χ0n) is 11.2. The molecule has 1 aromatic rings. The second-order valence-electron chi connectivity index (χ2n) is 5.11. The summed E-state index contributed by atoms with van der Waals surface area (Å²) in [6.07, 6.45) is 6.59. The molecule has 0 spiro atoms. The van der Waals surface area contributed by atoms with Gasteiger partial charge in [0, 0.05) is 10.0 Å². The van der Waals surface area contributed by atoms with Gasteiger partial charge in [0.05, 0.1) is 0 Å². The summed E-state index contributed by atoms with van der Waals surface area (Å²) < 4.78 is 7.06. The summed E-state index contributed by atoms with van der Waals surface area (Å²) in [6.45, 7) is 2.25. The van der Waals surface area contributed by atoms with E-state index in [-0.39, 0.29) is 0 Å². The molecule has 0 saturated heterocycles. The second-order valence-corrected chi connectivity index (χ2v) is 6.41. The van der Waals surface area contributed by atoms with Crippen LogP contribution in [0.15, 0.2) is 22.7 Å². The highest BCUT2D eigenvalue weighted by atomic mass is 79.9. The molecule has 104 valence electrons. The SMILES string of the molecule is CCC1CCCCC1Oc1ccc(C(N)=S)c(Br)c1. The van der Waals surface area contributed by atoms with Crippen molar-refractivity contribution >= 4 is 33.1 Å². The zero-order valence-corrected chi connectivity index (χ0v) is 13.6. The Kier molecular flexibility index (Phi) is 5.22. The third-order valence-electron chi connectivity index (χ3n) is 3.86. The normalized spacial score (nSPS) is 23.1. The number of hydrogen-bond donors (Lipinski definition) is 1. The molecule has 1 aliphatic carbocycles. The number of nitrogens with two attached hydrogens (primary N) is 1. The van der Waals surface area contributed by atoms with Crippen molar-refractivity contribution in [3.8, 4) is 5.75 Å². The van der Waals surface area contributed by atoms with E-state index in [4.69, 9.17) is 22.7 Å². The third kappa shape index (κ3) is 3.69. The lowest BCUT2D eigenvalue weighted by Gasteiger charge is -2.31. The summed E-state index contributed by atoms with van der Waals surface area (Å²) in [5.41, 5.74) is 6.51. The van der Waals surface area contributed by atoms with Gasteiger partial charge in [0.15, 0.2) is 0 Å². The summed E-state index contributed by atoms with van der Waals surface area (Å²) in [6, 6.07) is 5.85. The van der Waals surface area contributed by atoms with E-state index >= 15 is 0 Å². The molecule has 0 radical (unpaired) electrons. The van der Waals surface area contributed by atoms with Crippen LogP contribution in [0.3, 0.4) is 0 Å². The molecule has 1 aromatic carbocycles. The molecule has 1 aliphatic rings. The molecule has 2 N–H and O–H groups in total. The molecule has 0 aromatic heterocycles. The van der Waals surface area contributed by atoms with Crippen molar-refractivity contribution in [3.63, 3.8) is 0 Å². The molecule has 2 nitrogen and oxygen atoms in total. The lowest BCUT2D eigenvalue weighted by atomic mass is 9.85. The van der Waals surface area contributed by atoms with Crippen molar-refractivity contribution in [1.82, 2.24) is 0 Å². The van der Waals surface area contributed by atoms with E-state index in [0.717, 1.165) is 22.2 Å². The van der Waals surface area contributed by atoms with E-state index < -0.39 is 0 Å². The molecular formula is C15H20BrNOS. The number of thiocarbonyl (C=S) groups is 1. The Balaban J connectivity index is 2.10. The van der Waals surface area contributed by atoms with Crippen molar-refractivity contribution in [3.05, 3.63) is 28.2 Å². The fraction of sp³-hybridized carbons (Fsp3) is 0.533. The van der Waals surface area contributed by atoms with Crippen molar-refractivity contribution in [2.75, 3.05) is 0 Å². The van der Waals surface area contributed by atoms with Crippen LogP contribution in [-0.4, -0.2) is 11.1 Å². The Morgan fingerprint density at radius 1 is 1.42 bits per heavy atom. The highest BCUT2D eigenvalue weighted by Crippen LogP contribution is 2.32. The van der Waals surface area contributed by atoms with Gasteiger partial charge in [-0.25, -0.2) is 0 Å². The fourth-order valence-electron chi connectivity index (χ4n) is 2.74. The predicted molar refractivity (Wildman–Crippen MR) is 86.7 cm³/mol. The highest BCUT2D eigenvalue weighted by molar-refractivity contribution is 9.10. The molecule has 0 aliphatic heterocycles. The number of hydrogen-bond acceptors (Lipinski definition) is 2. The Bertz CT molecular complexity index is 463. The van der Waals surface area contributed by atoms with Gasteiger partial charge in [-0.05, 0) is 65.7 Å². The summed E-state index contributed by atoms with van der Waals surface area (Å²) >= 11 is 8.50. The first-order chi connectivity index (χ1) is 9.11. The fourth-order valence-corrected chi connectivity index (χ4v) is 3.62. The van der Waals surface area contributed by atoms with Crippen LogP contribution in [0.5, 0.6) is 5.75 Å². The van der Waals surface area contributed by atoms with Gasteiger partial charge in [0.25, 0.3) is 0 Å². The average Bonchev–Trinajstić information content (AvgIpc) is 2.39. The van der Waals surface area contributed by atoms with Crippen LogP contribution in [-0.2, 0) is 0 Å². The minimum Gasteiger partial charge on any atom is -0.490 e. The maximum atomic E-state index is 6.16. The van der Waals surface area contributed by atoms with Crippen molar-refractivity contribution in [1.29, 1.82) is 0 Å². The average molecular weight is 342 g/mol. The van der Waals surface area contributed by atoms with Crippen LogP contribution in [0, 0.1) is 5.92 Å². The molecule has 0 amide bonds. The van der Waals surface area contributed by atoms with Gasteiger partial charge in [-0.1, -0.05) is 25.6 Å². The number of rotatable bonds is 4. The maximum Gasteiger partial charge on any atom is 0.120 e. The molecule has 2 unspecified atom stereocenters. The van der Waals surface area contributed by atoms with Crippen LogP contribution in [0.1, 0.15) is 44.6 Å². The Morgan fingerprint density at radius 2 is 2.16 bits per heavy atom. The Hall–Kier alpha value is -0.610. The largest absolute Gasteiger partial charge is 0.490 e. The van der Waals surface area contributed by atoms with Crippen LogP contribution >= 0.6 is 28.1 Å². The number of halogens is 1. The van der Waals surface area contributed by atoms with Crippen LogP contribution < -0.4 is 10.5 Å². The standard InChI is InChI=1S/C15H20BrNOS/c1-2-10-5-3-4-6-14(10)18-11-7-8-12(15(17)19)13(16)9-11/h7-10,14H,2-6H2,1H3,(H2,17,19). The topological polar surface area (TPSA) is 35.2 Å². The van der Waals surface area contributed by atoms with Crippen molar-refractivity contribution in [2.45, 2.75) is 45.1 Å². The van der Waals surface area contributed by atoms with E-state index in [1.54, 1.807) is 0 Å². The first-order valence-corrected chi connectivity index (χ1v) is 8.08. The van der Waals surface area contributed by atoms with Gasteiger partial charge >= 0.3 is 0 Å². The molecule has 0 bridgehead atoms. The lowest BCUT2D eigenvalue weighted by Crippen LogP contribution is -2.29. The van der Waals surface area contributed by atoms with Crippen molar-refractivity contribution < 1.29 is 4.74 Å². The molecule has 0 heterocycles. The van der Waals surface area contributed by atoms with Crippen LogP contribution in [0.2, 0.25) is 0 Å². The minimum atomic E-state index is 0.348. The monoisotopic (exact) mass is 341 g/mol. The van der Waals surface area contributed by atoms with E-state index in [0.29, 0.717) is 17.0 Å². The maximum absolute atomic E-state index is 6.16. The molecule has 2 rings (SSSR count). The Labute approximate surface area is 128 Å². The summed E-state index contributed by atoms with van der Waals surface area (Å²) in [4.78, 5) is 0.405. The van der Waals surface area contributed by atoms with Gasteiger partial charge in [-0.3, -0.25) is 0 Å². The number of ether oxygens (including phenoxy) is 1. The molecule has 2 atom stereocenters. The van der Waals surface area contributed by atoms with E-state index in [1.165, 1.54) is 25.7 Å². The summed E-state index contributed by atoms with van der Waals surface area (Å²) in [5, 5.41) is 0. The quantitative estimate of drug-likeness (QED) is 0.822. The van der Waals surface area contributed by atoms with Gasteiger partial charge in [0.1, 0.15) is 16.8 Å². The molecule has 1 saturated carbocycles. The second kappa shape index (κ2) is 6.71. The first kappa shape index (κ1) is 14.8.